The molecule has 0 saturated carbocycles. The van der Waals surface area contributed by atoms with Crippen LogP contribution < -0.4 is 0 Å². The van der Waals surface area contributed by atoms with Crippen LogP contribution in [0, 0.1) is 0 Å². The van der Waals surface area contributed by atoms with Gasteiger partial charge in [-0.2, -0.15) is 0 Å². The van der Waals surface area contributed by atoms with E-state index in [0.717, 1.165) is 28.0 Å². The molecule has 3 heterocycles. The Morgan fingerprint density at radius 1 is 1.00 bits per heavy atom. The molecule has 0 saturated heterocycles. The van der Waals surface area contributed by atoms with Gasteiger partial charge in [-0.15, -0.1) is 34.0 Å². The molecule has 0 aromatic carbocycles. The molecular weight excluding hydrogens is 328 g/mol. The van der Waals surface area contributed by atoms with Crippen molar-refractivity contribution in [3.05, 3.63) is 64.4 Å². The Morgan fingerprint density at radius 2 is 1.91 bits per heavy atom. The van der Waals surface area contributed by atoms with Crippen LogP contribution in [-0.4, -0.2) is 6.29 Å². The lowest BCUT2D eigenvalue weighted by Gasteiger charge is -1.95. The smallest absolute Gasteiger partial charge is 0.151 e. The van der Waals surface area contributed by atoms with Gasteiger partial charge in [0.15, 0.2) is 6.29 Å². The average molecular weight is 340 g/mol. The molecule has 1 aliphatic carbocycles. The van der Waals surface area contributed by atoms with Crippen LogP contribution >= 0.6 is 34.0 Å². The molecule has 108 valence electrons. The van der Waals surface area contributed by atoms with E-state index in [-0.39, 0.29) is 0 Å². The molecule has 4 rings (SSSR count). The second-order valence-corrected chi connectivity index (χ2v) is 8.06. The molecule has 22 heavy (non-hydrogen) atoms. The third-order valence-corrected chi connectivity index (χ3v) is 7.13. The van der Waals surface area contributed by atoms with Gasteiger partial charge in [0, 0.05) is 25.1 Å². The Bertz CT molecular complexity index is 875. The number of carbonyl (C=O) groups excluding carboxylic acids is 1. The molecule has 0 aliphatic heterocycles. The summed E-state index contributed by atoms with van der Waals surface area (Å²) in [5.74, 6) is 0. The number of hydrogen-bond acceptors (Lipinski definition) is 4. The summed E-state index contributed by atoms with van der Waals surface area (Å²) in [6.07, 6.45) is 8.45. The van der Waals surface area contributed by atoms with Gasteiger partial charge < -0.3 is 0 Å². The van der Waals surface area contributed by atoms with Gasteiger partial charge in [0.2, 0.25) is 0 Å². The predicted octanol–water partition coefficient (Wildman–Crippen LogP) is 6.36. The van der Waals surface area contributed by atoms with Crippen LogP contribution in [0.1, 0.15) is 21.7 Å². The van der Waals surface area contributed by atoms with Crippen LogP contribution in [0.15, 0.2) is 53.9 Å². The van der Waals surface area contributed by atoms with Crippen molar-refractivity contribution in [1.29, 1.82) is 0 Å². The van der Waals surface area contributed by atoms with Crippen LogP contribution in [0.2, 0.25) is 0 Å². The average Bonchev–Trinajstić information content (AvgIpc) is 3.33. The summed E-state index contributed by atoms with van der Waals surface area (Å²) in [5.41, 5.74) is 2.17. The van der Waals surface area contributed by atoms with E-state index in [0.29, 0.717) is 0 Å². The van der Waals surface area contributed by atoms with Gasteiger partial charge in [-0.1, -0.05) is 24.3 Å². The van der Waals surface area contributed by atoms with Crippen LogP contribution in [0.5, 0.6) is 0 Å². The van der Waals surface area contributed by atoms with Crippen LogP contribution in [0.25, 0.3) is 25.1 Å². The molecule has 0 atom stereocenters. The molecule has 3 aromatic rings. The van der Waals surface area contributed by atoms with Gasteiger partial charge in [-0.25, -0.2) is 0 Å². The van der Waals surface area contributed by atoms with Gasteiger partial charge in [0.25, 0.3) is 0 Å². The maximum Gasteiger partial charge on any atom is 0.151 e. The summed E-state index contributed by atoms with van der Waals surface area (Å²) in [5, 5.41) is 2.05. The number of carbonyl (C=O) groups is 1. The molecule has 0 radical (unpaired) electrons. The minimum absolute atomic E-state index is 0.791. The van der Waals surface area contributed by atoms with Crippen LogP contribution in [0.3, 0.4) is 0 Å². The molecule has 4 heteroatoms. The molecule has 3 aromatic heterocycles. The fraction of sp³-hybridized carbons (Fsp3) is 0.0556. The van der Waals surface area contributed by atoms with E-state index in [1.54, 1.807) is 34.0 Å². The van der Waals surface area contributed by atoms with Gasteiger partial charge in [0.1, 0.15) is 0 Å². The third-order valence-electron chi connectivity index (χ3n) is 3.57. The van der Waals surface area contributed by atoms with E-state index in [2.05, 4.69) is 36.4 Å². The second-order valence-electron chi connectivity index (χ2n) is 4.98. The normalized spacial score (nSPS) is 13.5. The van der Waals surface area contributed by atoms with Gasteiger partial charge in [-0.05, 0) is 41.6 Å². The van der Waals surface area contributed by atoms with E-state index in [9.17, 15) is 4.79 Å². The lowest BCUT2D eigenvalue weighted by Crippen LogP contribution is -1.75. The fourth-order valence-corrected chi connectivity index (χ4v) is 5.61. The largest absolute Gasteiger partial charge is 0.298 e. The number of hydrogen-bond donors (Lipinski definition) is 0. The summed E-state index contributed by atoms with van der Waals surface area (Å²) in [6.45, 7) is 0. The Hall–Kier alpha value is -1.75. The Kier molecular flexibility index (Phi) is 3.66. The maximum atomic E-state index is 11.4. The Labute approximate surface area is 140 Å². The SMILES string of the molecule is O=Cc1cc(-c2ccc(C3=CC=CC3)s2)sc1-c1cccs1. The second kappa shape index (κ2) is 5.80. The Morgan fingerprint density at radius 3 is 2.64 bits per heavy atom. The zero-order chi connectivity index (χ0) is 14.9. The highest BCUT2D eigenvalue weighted by molar-refractivity contribution is 7.26. The molecular formula is C18H12OS3. The van der Waals surface area contributed by atoms with Crippen molar-refractivity contribution in [1.82, 2.24) is 0 Å². The molecule has 0 bridgehead atoms. The first-order valence-corrected chi connectivity index (χ1v) is 9.45. The van der Waals surface area contributed by atoms with Crippen molar-refractivity contribution < 1.29 is 4.79 Å². The quantitative estimate of drug-likeness (QED) is 0.505. The lowest BCUT2D eigenvalue weighted by molar-refractivity contribution is 0.112. The maximum absolute atomic E-state index is 11.4. The van der Waals surface area contributed by atoms with Gasteiger partial charge in [-0.3, -0.25) is 4.79 Å². The van der Waals surface area contributed by atoms with E-state index >= 15 is 0 Å². The first kappa shape index (κ1) is 13.9. The van der Waals surface area contributed by atoms with E-state index in [1.807, 2.05) is 17.5 Å². The summed E-state index contributed by atoms with van der Waals surface area (Å²) >= 11 is 5.19. The summed E-state index contributed by atoms with van der Waals surface area (Å²) < 4.78 is 0. The first-order valence-electron chi connectivity index (χ1n) is 6.94. The highest BCUT2D eigenvalue weighted by Crippen LogP contribution is 2.42. The summed E-state index contributed by atoms with van der Waals surface area (Å²) in [7, 11) is 0. The number of thiophene rings is 3. The number of allylic oxidation sites excluding steroid dienone is 4. The van der Waals surface area contributed by atoms with Crippen LogP contribution in [-0.2, 0) is 0 Å². The molecule has 0 amide bonds. The van der Waals surface area contributed by atoms with Crippen molar-refractivity contribution in [3.8, 4) is 19.5 Å². The number of rotatable bonds is 4. The number of aldehydes is 1. The third kappa shape index (κ3) is 2.43. The fourth-order valence-electron chi connectivity index (χ4n) is 2.49. The van der Waals surface area contributed by atoms with E-state index < -0.39 is 0 Å². The van der Waals surface area contributed by atoms with Crippen molar-refractivity contribution >= 4 is 45.9 Å². The summed E-state index contributed by atoms with van der Waals surface area (Å²) in [4.78, 5) is 17.4. The standard InChI is InChI=1S/C18H12OS3/c19-11-13-10-17(22-18(13)16-6-3-9-20-16)15-8-7-14(21-15)12-4-1-2-5-12/h1-4,6-11H,5H2. The van der Waals surface area contributed by atoms with Gasteiger partial charge >= 0.3 is 0 Å². The van der Waals surface area contributed by atoms with Crippen molar-refractivity contribution in [2.24, 2.45) is 0 Å². The topological polar surface area (TPSA) is 17.1 Å². The predicted molar refractivity (Wildman–Crippen MR) is 98.1 cm³/mol. The van der Waals surface area contributed by atoms with Crippen molar-refractivity contribution in [2.75, 3.05) is 0 Å². The first-order chi connectivity index (χ1) is 10.8. The highest BCUT2D eigenvalue weighted by atomic mass is 32.1. The Balaban J connectivity index is 1.73. The molecule has 1 nitrogen and oxygen atoms in total. The molecule has 0 N–H and O–H groups in total. The zero-order valence-corrected chi connectivity index (χ0v) is 14.1. The highest BCUT2D eigenvalue weighted by Gasteiger charge is 2.15. The lowest BCUT2D eigenvalue weighted by atomic mass is 10.2. The van der Waals surface area contributed by atoms with E-state index in [1.165, 1.54) is 20.2 Å². The monoisotopic (exact) mass is 340 g/mol. The van der Waals surface area contributed by atoms with Crippen LogP contribution in [0.4, 0.5) is 0 Å². The molecule has 0 spiro atoms. The molecule has 0 fully saturated rings. The molecule has 1 aliphatic rings. The molecule has 0 unspecified atom stereocenters. The zero-order valence-electron chi connectivity index (χ0n) is 11.6. The summed E-state index contributed by atoms with van der Waals surface area (Å²) in [6, 6.07) is 10.5. The van der Waals surface area contributed by atoms with E-state index in [4.69, 9.17) is 0 Å². The van der Waals surface area contributed by atoms with Crippen molar-refractivity contribution in [3.63, 3.8) is 0 Å². The van der Waals surface area contributed by atoms with Gasteiger partial charge in [0.05, 0.1) is 4.88 Å². The minimum atomic E-state index is 0.791. The minimum Gasteiger partial charge on any atom is -0.298 e. The van der Waals surface area contributed by atoms with Crippen molar-refractivity contribution in [2.45, 2.75) is 6.42 Å².